The number of carbonyl (C=O) groups is 1. The van der Waals surface area contributed by atoms with Crippen LogP contribution in [0.3, 0.4) is 0 Å². The predicted molar refractivity (Wildman–Crippen MR) is 46.0 cm³/mol. The molecular weight excluding hydrogens is 198 g/mol. The van der Waals surface area contributed by atoms with Crippen molar-refractivity contribution < 1.29 is 13.6 Å². The Bertz CT molecular complexity index is 336. The normalized spacial score (nSPS) is 11.4. The zero-order valence-electron chi connectivity index (χ0n) is 6.85. The van der Waals surface area contributed by atoms with Crippen LogP contribution in [0.25, 0.3) is 0 Å². The van der Waals surface area contributed by atoms with E-state index in [1.807, 2.05) is 0 Å². The maximum absolute atomic E-state index is 13.1. The van der Waals surface area contributed by atoms with Crippen molar-refractivity contribution in [1.29, 1.82) is 0 Å². The molecule has 1 aromatic carbocycles. The third-order valence-electron chi connectivity index (χ3n) is 1.63. The van der Waals surface area contributed by atoms with Gasteiger partial charge in [0.25, 0.3) is 0 Å². The van der Waals surface area contributed by atoms with E-state index in [4.69, 9.17) is 11.6 Å². The molecule has 13 heavy (non-hydrogen) atoms. The molecule has 0 fully saturated rings. The van der Waals surface area contributed by atoms with E-state index in [1.54, 1.807) is 0 Å². The second-order valence-electron chi connectivity index (χ2n) is 2.64. The van der Waals surface area contributed by atoms with E-state index in [1.165, 1.54) is 18.2 Å². The fourth-order valence-electron chi connectivity index (χ4n) is 0.887. The molecule has 1 rings (SSSR count). The van der Waals surface area contributed by atoms with E-state index in [2.05, 4.69) is 0 Å². The van der Waals surface area contributed by atoms with Gasteiger partial charge in [-0.2, -0.15) is 8.78 Å². The number of hydrogen-bond donors (Lipinski definition) is 0. The zero-order valence-corrected chi connectivity index (χ0v) is 7.61. The molecule has 70 valence electrons. The molecule has 1 nitrogen and oxygen atoms in total. The summed E-state index contributed by atoms with van der Waals surface area (Å²) in [5.74, 6) is -4.62. The highest BCUT2D eigenvalue weighted by Gasteiger charge is 2.37. The first-order valence-corrected chi connectivity index (χ1v) is 3.97. The fourth-order valence-corrected chi connectivity index (χ4v) is 1.08. The van der Waals surface area contributed by atoms with Crippen LogP contribution < -0.4 is 0 Å². The Hall–Kier alpha value is -0.960. The second-order valence-corrected chi connectivity index (χ2v) is 3.08. The van der Waals surface area contributed by atoms with Crippen LogP contribution in [0.4, 0.5) is 8.78 Å². The summed E-state index contributed by atoms with van der Waals surface area (Å²) >= 11 is 5.51. The average Bonchev–Trinajstić information content (AvgIpc) is 2.04. The third-order valence-corrected chi connectivity index (χ3v) is 1.86. The van der Waals surface area contributed by atoms with Gasteiger partial charge in [0.05, 0.1) is 0 Å². The van der Waals surface area contributed by atoms with Crippen molar-refractivity contribution in [2.45, 2.75) is 12.8 Å². The van der Waals surface area contributed by atoms with Crippen LogP contribution in [-0.2, 0) is 10.7 Å². The third kappa shape index (κ3) is 2.04. The van der Waals surface area contributed by atoms with Crippen molar-refractivity contribution in [3.05, 3.63) is 34.9 Å². The summed E-state index contributed by atoms with van der Waals surface area (Å²) in [5, 5.41) is 0.193. The van der Waals surface area contributed by atoms with E-state index >= 15 is 0 Å². The molecule has 0 unspecified atom stereocenters. The molecule has 0 bridgehead atoms. The first-order valence-electron chi connectivity index (χ1n) is 3.59. The van der Waals surface area contributed by atoms with Gasteiger partial charge in [0.15, 0.2) is 0 Å². The number of halogens is 3. The van der Waals surface area contributed by atoms with Gasteiger partial charge < -0.3 is 0 Å². The molecule has 0 radical (unpaired) electrons. The first kappa shape index (κ1) is 10.1. The quantitative estimate of drug-likeness (QED) is 0.724. The van der Waals surface area contributed by atoms with Crippen molar-refractivity contribution in [3.8, 4) is 0 Å². The summed E-state index contributed by atoms with van der Waals surface area (Å²) in [7, 11) is 0. The standard InChI is InChI=1S/C9H7ClF2O/c1-6(13)9(11,12)7-3-2-4-8(10)5-7/h2-5H,1H3. The fraction of sp³-hybridized carbons (Fsp3) is 0.222. The van der Waals surface area contributed by atoms with Gasteiger partial charge >= 0.3 is 5.92 Å². The van der Waals surface area contributed by atoms with Crippen LogP contribution >= 0.6 is 11.6 Å². The molecule has 0 aromatic heterocycles. The summed E-state index contributed by atoms with van der Waals surface area (Å²) in [5.41, 5.74) is -0.368. The summed E-state index contributed by atoms with van der Waals surface area (Å²) in [6, 6.07) is 5.12. The number of ketones is 1. The van der Waals surface area contributed by atoms with Crippen LogP contribution in [0, 0.1) is 0 Å². The van der Waals surface area contributed by atoms with E-state index in [9.17, 15) is 13.6 Å². The maximum Gasteiger partial charge on any atom is 0.330 e. The maximum atomic E-state index is 13.1. The van der Waals surface area contributed by atoms with Crippen molar-refractivity contribution in [1.82, 2.24) is 0 Å². The van der Waals surface area contributed by atoms with Gasteiger partial charge in [-0.3, -0.25) is 4.79 Å². The first-order chi connectivity index (χ1) is 5.94. The van der Waals surface area contributed by atoms with E-state index in [0.717, 1.165) is 13.0 Å². The largest absolute Gasteiger partial charge is 0.330 e. The number of carbonyl (C=O) groups excluding carboxylic acids is 1. The molecule has 0 saturated heterocycles. The molecule has 0 amide bonds. The van der Waals surface area contributed by atoms with E-state index in [0.29, 0.717) is 0 Å². The lowest BCUT2D eigenvalue weighted by Crippen LogP contribution is -2.22. The van der Waals surface area contributed by atoms with Crippen LogP contribution in [0.1, 0.15) is 12.5 Å². The molecule has 0 N–H and O–H groups in total. The molecule has 0 spiro atoms. The summed E-state index contributed by atoms with van der Waals surface area (Å²) < 4.78 is 26.1. The van der Waals surface area contributed by atoms with Crippen molar-refractivity contribution in [3.63, 3.8) is 0 Å². The smallest absolute Gasteiger partial charge is 0.293 e. The molecule has 0 aliphatic rings. The van der Waals surface area contributed by atoms with Crippen molar-refractivity contribution in [2.75, 3.05) is 0 Å². The number of alkyl halides is 2. The molecule has 0 heterocycles. The number of benzene rings is 1. The predicted octanol–water partition coefficient (Wildman–Crippen LogP) is 3.02. The Morgan fingerprint density at radius 2 is 2.08 bits per heavy atom. The van der Waals surface area contributed by atoms with Crippen LogP contribution in [-0.4, -0.2) is 5.78 Å². The van der Waals surface area contributed by atoms with Gasteiger partial charge in [-0.25, -0.2) is 0 Å². The monoisotopic (exact) mass is 204 g/mol. The molecule has 0 aliphatic carbocycles. The Labute approximate surface area is 79.3 Å². The highest BCUT2D eigenvalue weighted by molar-refractivity contribution is 6.30. The molecule has 1 aromatic rings. The van der Waals surface area contributed by atoms with Gasteiger partial charge in [0, 0.05) is 17.5 Å². The summed E-state index contributed by atoms with van der Waals surface area (Å²) in [6.07, 6.45) is 0. The lowest BCUT2D eigenvalue weighted by Gasteiger charge is -2.12. The highest BCUT2D eigenvalue weighted by Crippen LogP contribution is 2.30. The van der Waals surface area contributed by atoms with E-state index in [-0.39, 0.29) is 10.6 Å². The minimum atomic E-state index is -3.44. The lowest BCUT2D eigenvalue weighted by atomic mass is 10.1. The molecule has 0 atom stereocenters. The van der Waals surface area contributed by atoms with Crippen LogP contribution in [0.2, 0.25) is 5.02 Å². The van der Waals surface area contributed by atoms with Gasteiger partial charge in [-0.1, -0.05) is 23.7 Å². The lowest BCUT2D eigenvalue weighted by molar-refractivity contribution is -0.141. The second kappa shape index (κ2) is 3.42. The van der Waals surface area contributed by atoms with Gasteiger partial charge in [-0.05, 0) is 12.1 Å². The Morgan fingerprint density at radius 3 is 2.54 bits per heavy atom. The van der Waals surface area contributed by atoms with Gasteiger partial charge in [-0.15, -0.1) is 0 Å². The van der Waals surface area contributed by atoms with Crippen LogP contribution in [0.5, 0.6) is 0 Å². The van der Waals surface area contributed by atoms with Crippen molar-refractivity contribution in [2.24, 2.45) is 0 Å². The van der Waals surface area contributed by atoms with Crippen LogP contribution in [0.15, 0.2) is 24.3 Å². The molecule has 4 heteroatoms. The summed E-state index contributed by atoms with van der Waals surface area (Å²) in [4.78, 5) is 10.6. The number of Topliss-reactive ketones (excluding diaryl/α,β-unsaturated/α-hetero) is 1. The Morgan fingerprint density at radius 1 is 1.46 bits per heavy atom. The Kier molecular flexibility index (Phi) is 2.66. The minimum absolute atomic E-state index is 0.193. The van der Waals surface area contributed by atoms with Gasteiger partial charge in [0.1, 0.15) is 0 Å². The SMILES string of the molecule is CC(=O)C(F)(F)c1cccc(Cl)c1. The molecule has 0 saturated carbocycles. The number of hydrogen-bond acceptors (Lipinski definition) is 1. The number of rotatable bonds is 2. The topological polar surface area (TPSA) is 17.1 Å². The van der Waals surface area contributed by atoms with Gasteiger partial charge in [0.2, 0.25) is 5.78 Å². The highest BCUT2D eigenvalue weighted by atomic mass is 35.5. The Balaban J connectivity index is 3.14. The molecule has 0 aliphatic heterocycles. The summed E-state index contributed by atoms with van der Waals surface area (Å²) in [6.45, 7) is 0.848. The zero-order chi connectivity index (χ0) is 10.1. The van der Waals surface area contributed by atoms with E-state index < -0.39 is 11.7 Å². The van der Waals surface area contributed by atoms with Crippen molar-refractivity contribution >= 4 is 17.4 Å². The minimum Gasteiger partial charge on any atom is -0.293 e. The molecular formula is C9H7ClF2O. The average molecular weight is 205 g/mol.